The highest BCUT2D eigenvalue weighted by Gasteiger charge is 2.25. The molecular weight excluding hydrogens is 292 g/mol. The van der Waals surface area contributed by atoms with Crippen molar-refractivity contribution >= 4 is 0 Å². The fourth-order valence-electron chi connectivity index (χ4n) is 3.41. The van der Waals surface area contributed by atoms with Gasteiger partial charge in [-0.15, -0.1) is 0 Å². The third kappa shape index (κ3) is 4.00. The van der Waals surface area contributed by atoms with Crippen LogP contribution in [-0.2, 0) is 0 Å². The zero-order valence-electron chi connectivity index (χ0n) is 14.0. The standard InChI is InChI=1S/C9H14N2O.C8H12N2O/c1-11-6-3-2-4-8(11)9-10-5-7-12-9;1-10-5-2-3-7(10)8-9-4-6-11-8/h5,7-8H,2-4,6H2,1H3;4,6-7H,2-3,5H2,1H3. The highest BCUT2D eigenvalue weighted by molar-refractivity contribution is 4.94. The summed E-state index contributed by atoms with van der Waals surface area (Å²) in [6.45, 7) is 2.32. The van der Waals surface area contributed by atoms with Gasteiger partial charge in [0.15, 0.2) is 0 Å². The Bertz CT molecular complexity index is 555. The van der Waals surface area contributed by atoms with Crippen molar-refractivity contribution in [2.24, 2.45) is 0 Å². The fourth-order valence-corrected chi connectivity index (χ4v) is 3.41. The first-order valence-electron chi connectivity index (χ1n) is 8.45. The summed E-state index contributed by atoms with van der Waals surface area (Å²) in [7, 11) is 4.25. The van der Waals surface area contributed by atoms with E-state index in [1.807, 2.05) is 0 Å². The van der Waals surface area contributed by atoms with E-state index in [-0.39, 0.29) is 0 Å². The van der Waals surface area contributed by atoms with Crippen molar-refractivity contribution in [1.82, 2.24) is 19.8 Å². The van der Waals surface area contributed by atoms with E-state index in [2.05, 4.69) is 33.9 Å². The Hall–Kier alpha value is -1.66. The Morgan fingerprint density at radius 3 is 1.74 bits per heavy atom. The molecule has 0 bridgehead atoms. The molecule has 0 aliphatic carbocycles. The van der Waals surface area contributed by atoms with Gasteiger partial charge in [0, 0.05) is 0 Å². The van der Waals surface area contributed by atoms with E-state index in [0.717, 1.165) is 24.9 Å². The van der Waals surface area contributed by atoms with Gasteiger partial charge in [0.25, 0.3) is 0 Å². The molecule has 2 unspecified atom stereocenters. The normalized spacial score (nSPS) is 26.0. The van der Waals surface area contributed by atoms with Crippen molar-refractivity contribution in [1.29, 1.82) is 0 Å². The molecule has 4 rings (SSSR count). The average Bonchev–Trinajstić information content (AvgIpc) is 3.30. The van der Waals surface area contributed by atoms with Gasteiger partial charge < -0.3 is 8.83 Å². The van der Waals surface area contributed by atoms with E-state index in [9.17, 15) is 0 Å². The fraction of sp³-hybridized carbons (Fsp3) is 0.647. The van der Waals surface area contributed by atoms with Crippen molar-refractivity contribution in [3.05, 3.63) is 36.7 Å². The number of oxazole rings is 2. The minimum atomic E-state index is 0.411. The van der Waals surface area contributed by atoms with Crippen LogP contribution in [0.15, 0.2) is 33.8 Å². The van der Waals surface area contributed by atoms with E-state index in [4.69, 9.17) is 8.83 Å². The molecule has 2 atom stereocenters. The lowest BCUT2D eigenvalue weighted by molar-refractivity contribution is 0.159. The van der Waals surface area contributed by atoms with Crippen LogP contribution in [0.4, 0.5) is 0 Å². The van der Waals surface area contributed by atoms with Crippen molar-refractivity contribution in [3.63, 3.8) is 0 Å². The third-order valence-electron chi connectivity index (χ3n) is 4.76. The molecule has 23 heavy (non-hydrogen) atoms. The quantitative estimate of drug-likeness (QED) is 0.847. The zero-order chi connectivity index (χ0) is 16.1. The Kier molecular flexibility index (Phi) is 5.46. The van der Waals surface area contributed by atoms with Gasteiger partial charge in [0.05, 0.1) is 24.5 Å². The van der Waals surface area contributed by atoms with Crippen LogP contribution in [0, 0.1) is 0 Å². The van der Waals surface area contributed by atoms with Crippen LogP contribution < -0.4 is 0 Å². The van der Waals surface area contributed by atoms with Crippen LogP contribution in [-0.4, -0.2) is 47.0 Å². The number of piperidine rings is 1. The largest absolute Gasteiger partial charge is 0.447 e. The monoisotopic (exact) mass is 318 g/mol. The Morgan fingerprint density at radius 2 is 1.35 bits per heavy atom. The van der Waals surface area contributed by atoms with Crippen molar-refractivity contribution < 1.29 is 8.83 Å². The highest BCUT2D eigenvalue weighted by Crippen LogP contribution is 2.29. The number of likely N-dealkylation sites (tertiary alicyclic amines) is 2. The zero-order valence-corrected chi connectivity index (χ0v) is 14.0. The molecular formula is C17H26N4O2. The van der Waals surface area contributed by atoms with Crippen LogP contribution in [0.2, 0.25) is 0 Å². The van der Waals surface area contributed by atoms with Gasteiger partial charge in [-0.3, -0.25) is 9.80 Å². The second-order valence-electron chi connectivity index (χ2n) is 6.37. The van der Waals surface area contributed by atoms with E-state index < -0.39 is 0 Å². The van der Waals surface area contributed by atoms with Gasteiger partial charge in [-0.05, 0) is 52.9 Å². The van der Waals surface area contributed by atoms with Crippen molar-refractivity contribution in [2.45, 2.75) is 44.2 Å². The van der Waals surface area contributed by atoms with E-state index in [0.29, 0.717) is 12.1 Å². The minimum Gasteiger partial charge on any atom is -0.447 e. The molecule has 0 saturated carbocycles. The second-order valence-corrected chi connectivity index (χ2v) is 6.37. The van der Waals surface area contributed by atoms with Crippen molar-refractivity contribution in [2.75, 3.05) is 27.2 Å². The molecule has 6 heteroatoms. The van der Waals surface area contributed by atoms with Gasteiger partial charge >= 0.3 is 0 Å². The van der Waals surface area contributed by atoms with Crippen molar-refractivity contribution in [3.8, 4) is 0 Å². The van der Waals surface area contributed by atoms with Crippen LogP contribution in [0.5, 0.6) is 0 Å². The summed E-state index contributed by atoms with van der Waals surface area (Å²) in [6, 6.07) is 0.832. The number of aromatic nitrogens is 2. The summed E-state index contributed by atoms with van der Waals surface area (Å²) >= 11 is 0. The topological polar surface area (TPSA) is 58.5 Å². The summed E-state index contributed by atoms with van der Waals surface area (Å²) in [6.07, 6.45) is 12.9. The Morgan fingerprint density at radius 1 is 0.826 bits per heavy atom. The Balaban J connectivity index is 0.000000136. The Labute approximate surface area is 137 Å². The van der Waals surface area contributed by atoms with Gasteiger partial charge in [0.2, 0.25) is 11.8 Å². The number of rotatable bonds is 2. The molecule has 0 spiro atoms. The molecule has 0 radical (unpaired) electrons. The second kappa shape index (κ2) is 7.75. The molecule has 0 amide bonds. The molecule has 2 saturated heterocycles. The summed E-state index contributed by atoms with van der Waals surface area (Å²) in [5.74, 6) is 1.74. The van der Waals surface area contributed by atoms with Crippen LogP contribution in [0.1, 0.15) is 56.0 Å². The molecule has 6 nitrogen and oxygen atoms in total. The predicted molar refractivity (Wildman–Crippen MR) is 86.8 cm³/mol. The van der Waals surface area contributed by atoms with Crippen LogP contribution in [0.3, 0.4) is 0 Å². The molecule has 2 fully saturated rings. The number of nitrogens with zero attached hydrogens (tertiary/aromatic N) is 4. The molecule has 2 aliphatic rings. The maximum atomic E-state index is 5.29. The maximum Gasteiger partial charge on any atom is 0.211 e. The van der Waals surface area contributed by atoms with E-state index in [1.54, 1.807) is 24.9 Å². The molecule has 2 aliphatic heterocycles. The van der Waals surface area contributed by atoms with Gasteiger partial charge in [-0.1, -0.05) is 6.42 Å². The van der Waals surface area contributed by atoms with Gasteiger partial charge in [-0.2, -0.15) is 0 Å². The smallest absolute Gasteiger partial charge is 0.211 e. The SMILES string of the molecule is CN1CCCC1c1ncco1.CN1CCCCC1c1ncco1. The molecule has 0 N–H and O–H groups in total. The summed E-state index contributed by atoms with van der Waals surface area (Å²) in [5.41, 5.74) is 0. The molecule has 4 heterocycles. The first-order chi connectivity index (χ1) is 11.3. The average molecular weight is 318 g/mol. The highest BCUT2D eigenvalue weighted by atomic mass is 16.3. The van der Waals surface area contributed by atoms with E-state index >= 15 is 0 Å². The molecule has 2 aromatic rings. The predicted octanol–water partition coefficient (Wildman–Crippen LogP) is 3.27. The molecule has 126 valence electrons. The van der Waals surface area contributed by atoms with E-state index in [1.165, 1.54) is 32.1 Å². The lowest BCUT2D eigenvalue weighted by atomic mass is 10.0. The summed E-state index contributed by atoms with van der Waals surface area (Å²) < 4.78 is 10.5. The van der Waals surface area contributed by atoms with Crippen LogP contribution >= 0.6 is 0 Å². The van der Waals surface area contributed by atoms with Gasteiger partial charge in [-0.25, -0.2) is 9.97 Å². The third-order valence-corrected chi connectivity index (χ3v) is 4.76. The van der Waals surface area contributed by atoms with Gasteiger partial charge in [0.1, 0.15) is 12.5 Å². The molecule has 0 aromatic carbocycles. The lowest BCUT2D eigenvalue weighted by Gasteiger charge is -2.29. The summed E-state index contributed by atoms with van der Waals surface area (Å²) in [4.78, 5) is 12.9. The van der Waals surface area contributed by atoms with Crippen LogP contribution in [0.25, 0.3) is 0 Å². The minimum absolute atomic E-state index is 0.411. The number of hydrogen-bond acceptors (Lipinski definition) is 6. The molecule has 2 aromatic heterocycles. The number of hydrogen-bond donors (Lipinski definition) is 0. The first kappa shape index (κ1) is 16.2. The lowest BCUT2D eigenvalue weighted by Crippen LogP contribution is -2.29. The first-order valence-corrected chi connectivity index (χ1v) is 8.45. The maximum absolute atomic E-state index is 5.29. The summed E-state index contributed by atoms with van der Waals surface area (Å²) in [5, 5.41) is 0.